The molecule has 28 heavy (non-hydrogen) atoms. The molecule has 4 N–H and O–H groups in total. The lowest BCUT2D eigenvalue weighted by atomic mass is 10.2. The van der Waals surface area contributed by atoms with Gasteiger partial charge in [-0.05, 0) is 30.7 Å². The molecule has 0 fully saturated rings. The van der Waals surface area contributed by atoms with Crippen LogP contribution in [0, 0.1) is 0 Å². The number of benzene rings is 1. The van der Waals surface area contributed by atoms with Crippen LogP contribution in [0.15, 0.2) is 33.9 Å². The summed E-state index contributed by atoms with van der Waals surface area (Å²) in [7, 11) is 0. The van der Waals surface area contributed by atoms with Crippen LogP contribution in [0.1, 0.15) is 41.0 Å². The van der Waals surface area contributed by atoms with Gasteiger partial charge in [0, 0.05) is 19.2 Å². The third kappa shape index (κ3) is 4.72. The first kappa shape index (κ1) is 20.6. The zero-order chi connectivity index (χ0) is 20.8. The highest BCUT2D eigenvalue weighted by molar-refractivity contribution is 6.02. The molecule has 1 aromatic heterocycles. The van der Waals surface area contributed by atoms with Gasteiger partial charge in [-0.1, -0.05) is 6.92 Å². The number of amides is 1. The quantitative estimate of drug-likeness (QED) is 0.462. The van der Waals surface area contributed by atoms with Crippen molar-refractivity contribution in [2.45, 2.75) is 26.8 Å². The van der Waals surface area contributed by atoms with Crippen molar-refractivity contribution < 1.29 is 19.1 Å². The predicted octanol–water partition coefficient (Wildman–Crippen LogP) is 0.527. The highest BCUT2D eigenvalue weighted by Crippen LogP contribution is 2.11. The summed E-state index contributed by atoms with van der Waals surface area (Å²) < 4.78 is 6.01. The van der Waals surface area contributed by atoms with E-state index in [9.17, 15) is 24.0 Å². The number of hydrogen-bond acceptors (Lipinski definition) is 7. The van der Waals surface area contributed by atoms with Gasteiger partial charge in [-0.2, -0.15) is 0 Å². The molecule has 0 saturated heterocycles. The van der Waals surface area contributed by atoms with E-state index >= 15 is 0 Å². The van der Waals surface area contributed by atoms with Crippen LogP contribution in [0.25, 0.3) is 0 Å². The van der Waals surface area contributed by atoms with E-state index in [0.29, 0.717) is 12.1 Å². The summed E-state index contributed by atoms with van der Waals surface area (Å²) in [5, 5.41) is 2.55. The molecule has 0 spiro atoms. The van der Waals surface area contributed by atoms with Crippen molar-refractivity contribution >= 4 is 29.2 Å². The van der Waals surface area contributed by atoms with Gasteiger partial charge in [-0.25, -0.2) is 9.59 Å². The first-order chi connectivity index (χ1) is 13.2. The van der Waals surface area contributed by atoms with Gasteiger partial charge in [0.05, 0.1) is 5.56 Å². The second-order valence-corrected chi connectivity index (χ2v) is 5.93. The lowest BCUT2D eigenvalue weighted by Gasteiger charge is -2.11. The lowest BCUT2D eigenvalue weighted by molar-refractivity contribution is -0.114. The Labute approximate surface area is 159 Å². The van der Waals surface area contributed by atoms with Crippen molar-refractivity contribution in [3.63, 3.8) is 0 Å². The topological polar surface area (TPSA) is 153 Å². The highest BCUT2D eigenvalue weighted by atomic mass is 16.5. The molecule has 0 bridgehead atoms. The van der Waals surface area contributed by atoms with Crippen LogP contribution in [0.3, 0.4) is 0 Å². The summed E-state index contributed by atoms with van der Waals surface area (Å²) in [6.07, 6.45) is 0.563. The van der Waals surface area contributed by atoms with Crippen molar-refractivity contribution in [3.05, 3.63) is 56.2 Å². The summed E-state index contributed by atoms with van der Waals surface area (Å²) in [6.45, 7) is 2.66. The van der Waals surface area contributed by atoms with Gasteiger partial charge in [0.15, 0.2) is 6.61 Å². The number of carbonyl (C=O) groups is 3. The second kappa shape index (κ2) is 8.80. The smallest absolute Gasteiger partial charge is 0.338 e. The fourth-order valence-corrected chi connectivity index (χ4v) is 2.48. The molecule has 1 amide bonds. The summed E-state index contributed by atoms with van der Waals surface area (Å²) in [5.41, 5.74) is 4.37. The second-order valence-electron chi connectivity index (χ2n) is 5.93. The summed E-state index contributed by atoms with van der Waals surface area (Å²) in [4.78, 5) is 61.1. The Bertz CT molecular complexity index is 1020. The maximum Gasteiger partial charge on any atom is 0.338 e. The molecule has 0 unspecified atom stereocenters. The molecule has 1 heterocycles. The molecular weight excluding hydrogens is 368 g/mol. The number of aromatic amines is 1. The van der Waals surface area contributed by atoms with E-state index in [4.69, 9.17) is 10.5 Å². The molecule has 0 aliphatic rings. The van der Waals surface area contributed by atoms with Crippen LogP contribution < -0.4 is 22.3 Å². The highest BCUT2D eigenvalue weighted by Gasteiger charge is 2.21. The van der Waals surface area contributed by atoms with Crippen molar-refractivity contribution in [3.8, 4) is 0 Å². The van der Waals surface area contributed by atoms with Crippen LogP contribution >= 0.6 is 0 Å². The van der Waals surface area contributed by atoms with Gasteiger partial charge < -0.3 is 15.8 Å². The van der Waals surface area contributed by atoms with E-state index in [1.807, 2.05) is 4.98 Å². The van der Waals surface area contributed by atoms with E-state index in [2.05, 4.69) is 5.32 Å². The van der Waals surface area contributed by atoms with Gasteiger partial charge in [0.25, 0.3) is 5.56 Å². The van der Waals surface area contributed by atoms with E-state index in [1.54, 1.807) is 6.92 Å². The Kier molecular flexibility index (Phi) is 6.48. The first-order valence-electron chi connectivity index (χ1n) is 8.45. The number of aromatic nitrogens is 2. The Morgan fingerprint density at radius 1 is 1.18 bits per heavy atom. The Morgan fingerprint density at radius 3 is 2.39 bits per heavy atom. The van der Waals surface area contributed by atoms with E-state index in [-0.39, 0.29) is 23.8 Å². The first-order valence-corrected chi connectivity index (χ1v) is 8.45. The Hall–Kier alpha value is -3.69. The number of anilines is 2. The average molecular weight is 388 g/mol. The Morgan fingerprint density at radius 2 is 1.82 bits per heavy atom. The molecule has 0 atom stereocenters. The molecule has 2 aromatic rings. The number of nitrogen functional groups attached to an aromatic ring is 1. The SMILES string of the molecule is CCCn1c(N)c(C(=O)COC(=O)c2ccc(NC(C)=O)cc2)c(=O)[nH]c1=O. The van der Waals surface area contributed by atoms with Crippen LogP contribution in [0.5, 0.6) is 0 Å². The number of Topliss-reactive ketones (excluding diaryl/α,β-unsaturated/α-hetero) is 1. The summed E-state index contributed by atoms with van der Waals surface area (Å²) in [6, 6.07) is 5.84. The average Bonchev–Trinajstić information content (AvgIpc) is 2.63. The standard InChI is InChI=1S/C18H20N4O6/c1-3-8-22-15(19)14(16(25)21-18(22)27)13(24)9-28-17(26)11-4-6-12(7-5-11)20-10(2)23/h4-7H,3,8-9,19H2,1-2H3,(H,20,23)(H,21,25,27). The minimum Gasteiger partial charge on any atom is -0.454 e. The van der Waals surface area contributed by atoms with E-state index in [1.165, 1.54) is 31.2 Å². The number of hydrogen-bond donors (Lipinski definition) is 3. The molecule has 0 aliphatic carbocycles. The zero-order valence-corrected chi connectivity index (χ0v) is 15.4. The van der Waals surface area contributed by atoms with Crippen molar-refractivity contribution in [2.75, 3.05) is 17.7 Å². The number of nitrogens with one attached hydrogen (secondary N) is 2. The molecule has 0 radical (unpaired) electrons. The number of nitrogens with two attached hydrogens (primary N) is 1. The largest absolute Gasteiger partial charge is 0.454 e. The van der Waals surface area contributed by atoms with E-state index in [0.717, 1.165) is 4.57 Å². The number of ketones is 1. The van der Waals surface area contributed by atoms with E-state index < -0.39 is 35.2 Å². The molecule has 10 heteroatoms. The lowest BCUT2D eigenvalue weighted by Crippen LogP contribution is -2.37. The number of carbonyl (C=O) groups excluding carboxylic acids is 3. The third-order valence-corrected chi connectivity index (χ3v) is 3.74. The van der Waals surface area contributed by atoms with Crippen LogP contribution in [-0.2, 0) is 16.1 Å². The molecule has 2 rings (SSSR count). The number of esters is 1. The fraction of sp³-hybridized carbons (Fsp3) is 0.278. The maximum atomic E-state index is 12.3. The molecular formula is C18H20N4O6. The van der Waals surface area contributed by atoms with Gasteiger partial charge in [0.2, 0.25) is 11.7 Å². The maximum absolute atomic E-state index is 12.3. The van der Waals surface area contributed by atoms with Gasteiger partial charge in [-0.15, -0.1) is 0 Å². The zero-order valence-electron chi connectivity index (χ0n) is 15.4. The molecule has 1 aromatic carbocycles. The van der Waals surface area contributed by atoms with Crippen molar-refractivity contribution in [2.24, 2.45) is 0 Å². The summed E-state index contributed by atoms with van der Waals surface area (Å²) in [5.74, 6) is -2.14. The van der Waals surface area contributed by atoms with Crippen molar-refractivity contribution in [1.29, 1.82) is 0 Å². The Balaban J connectivity index is 2.13. The van der Waals surface area contributed by atoms with Crippen molar-refractivity contribution in [1.82, 2.24) is 9.55 Å². The molecule has 0 saturated carbocycles. The van der Waals surface area contributed by atoms with Gasteiger partial charge in [0.1, 0.15) is 11.4 Å². The summed E-state index contributed by atoms with van der Waals surface area (Å²) >= 11 is 0. The number of H-pyrrole nitrogens is 1. The van der Waals surface area contributed by atoms with Crippen LogP contribution in [-0.4, -0.2) is 33.8 Å². The number of rotatable bonds is 7. The molecule has 0 aliphatic heterocycles. The molecule has 148 valence electrons. The van der Waals surface area contributed by atoms with Crippen LogP contribution in [0.2, 0.25) is 0 Å². The minimum absolute atomic E-state index is 0.153. The minimum atomic E-state index is -0.935. The van der Waals surface area contributed by atoms with Gasteiger partial charge >= 0.3 is 11.7 Å². The number of ether oxygens (including phenoxy) is 1. The van der Waals surface area contributed by atoms with Crippen LogP contribution in [0.4, 0.5) is 11.5 Å². The monoisotopic (exact) mass is 388 g/mol. The third-order valence-electron chi connectivity index (χ3n) is 3.74. The fourth-order valence-electron chi connectivity index (χ4n) is 2.48. The number of nitrogens with zero attached hydrogens (tertiary/aromatic N) is 1. The molecule has 10 nitrogen and oxygen atoms in total. The predicted molar refractivity (Wildman–Crippen MR) is 101 cm³/mol. The van der Waals surface area contributed by atoms with Gasteiger partial charge in [-0.3, -0.25) is 23.9 Å². The normalized spacial score (nSPS) is 10.4.